The highest BCUT2D eigenvalue weighted by Gasteiger charge is 2.10. The van der Waals surface area contributed by atoms with Crippen molar-refractivity contribution >= 4 is 34.2 Å². The summed E-state index contributed by atoms with van der Waals surface area (Å²) >= 11 is 5.96. The van der Waals surface area contributed by atoms with Crippen LogP contribution < -0.4 is 16.0 Å². The summed E-state index contributed by atoms with van der Waals surface area (Å²) < 4.78 is 10.9. The number of ether oxygens (including phenoxy) is 1. The summed E-state index contributed by atoms with van der Waals surface area (Å²) in [6.07, 6.45) is 0. The highest BCUT2D eigenvalue weighted by Crippen LogP contribution is 2.21. The Labute approximate surface area is 137 Å². The second-order valence-corrected chi connectivity index (χ2v) is 5.26. The number of amides is 1. The van der Waals surface area contributed by atoms with Gasteiger partial charge in [0.1, 0.15) is 16.9 Å². The standard InChI is InChI=1S/C17H13ClN2O3/c1-22-13-4-2-3-12(9-13)20-17-14(16(19)21)8-10-7-11(18)5-6-15(10)23-17/h2-9H,1H3,(H2,19,21). The molecule has 0 bridgehead atoms. The molecule has 0 aliphatic carbocycles. The van der Waals surface area contributed by atoms with Gasteiger partial charge in [-0.25, -0.2) is 4.99 Å². The number of nitrogens with zero attached hydrogens (tertiary/aromatic N) is 1. The summed E-state index contributed by atoms with van der Waals surface area (Å²) in [6.45, 7) is 0. The number of hydrogen-bond acceptors (Lipinski definition) is 4. The van der Waals surface area contributed by atoms with E-state index in [-0.39, 0.29) is 11.1 Å². The zero-order valence-electron chi connectivity index (χ0n) is 12.2. The van der Waals surface area contributed by atoms with Gasteiger partial charge in [-0.1, -0.05) is 17.7 Å². The van der Waals surface area contributed by atoms with Crippen molar-refractivity contribution in [1.29, 1.82) is 0 Å². The SMILES string of the molecule is COc1cccc(N=c2oc3ccc(Cl)cc3cc2C(N)=O)c1. The van der Waals surface area contributed by atoms with E-state index < -0.39 is 5.91 Å². The lowest BCUT2D eigenvalue weighted by Gasteiger charge is -2.03. The van der Waals surface area contributed by atoms with Crippen molar-refractivity contribution in [1.82, 2.24) is 0 Å². The average Bonchev–Trinajstić information content (AvgIpc) is 2.54. The van der Waals surface area contributed by atoms with Crippen LogP contribution in [0.25, 0.3) is 11.0 Å². The van der Waals surface area contributed by atoms with Crippen LogP contribution in [0.3, 0.4) is 0 Å². The van der Waals surface area contributed by atoms with Gasteiger partial charge in [-0.05, 0) is 36.4 Å². The Morgan fingerprint density at radius 1 is 1.22 bits per heavy atom. The number of primary amides is 1. The molecule has 2 N–H and O–H groups in total. The van der Waals surface area contributed by atoms with Crippen molar-refractivity contribution in [3.05, 3.63) is 64.7 Å². The zero-order valence-corrected chi connectivity index (χ0v) is 13.0. The number of carbonyl (C=O) groups is 1. The van der Waals surface area contributed by atoms with Gasteiger partial charge in [0.15, 0.2) is 0 Å². The van der Waals surface area contributed by atoms with Crippen LogP contribution in [-0.2, 0) is 0 Å². The van der Waals surface area contributed by atoms with Crippen LogP contribution in [0, 0.1) is 0 Å². The molecule has 0 aliphatic rings. The van der Waals surface area contributed by atoms with Crippen molar-refractivity contribution in [3.63, 3.8) is 0 Å². The molecule has 3 rings (SSSR count). The number of rotatable bonds is 3. The molecule has 0 radical (unpaired) electrons. The van der Waals surface area contributed by atoms with Crippen molar-refractivity contribution in [2.75, 3.05) is 7.11 Å². The number of hydrogen-bond donors (Lipinski definition) is 1. The van der Waals surface area contributed by atoms with Gasteiger partial charge in [-0.2, -0.15) is 0 Å². The maximum atomic E-state index is 11.7. The van der Waals surface area contributed by atoms with E-state index in [1.807, 2.05) is 0 Å². The zero-order chi connectivity index (χ0) is 16.4. The second kappa shape index (κ2) is 6.14. The van der Waals surface area contributed by atoms with Gasteiger partial charge in [0.05, 0.1) is 12.8 Å². The molecule has 6 heteroatoms. The van der Waals surface area contributed by atoms with Gasteiger partial charge in [0.25, 0.3) is 5.91 Å². The molecule has 23 heavy (non-hydrogen) atoms. The Hall–Kier alpha value is -2.79. The second-order valence-electron chi connectivity index (χ2n) is 4.82. The summed E-state index contributed by atoms with van der Waals surface area (Å²) in [4.78, 5) is 16.1. The van der Waals surface area contributed by atoms with Crippen molar-refractivity contribution < 1.29 is 13.9 Å². The molecule has 0 aliphatic heterocycles. The van der Waals surface area contributed by atoms with Gasteiger partial charge >= 0.3 is 0 Å². The third kappa shape index (κ3) is 3.19. The van der Waals surface area contributed by atoms with Crippen LogP contribution >= 0.6 is 11.6 Å². The van der Waals surface area contributed by atoms with Gasteiger partial charge in [-0.3, -0.25) is 4.79 Å². The first-order valence-electron chi connectivity index (χ1n) is 6.79. The van der Waals surface area contributed by atoms with E-state index in [1.54, 1.807) is 55.6 Å². The molecule has 116 valence electrons. The van der Waals surface area contributed by atoms with Gasteiger partial charge in [0.2, 0.25) is 5.55 Å². The molecule has 0 saturated carbocycles. The van der Waals surface area contributed by atoms with Crippen LogP contribution in [-0.4, -0.2) is 13.0 Å². The molecule has 0 fully saturated rings. The Kier molecular flexibility index (Phi) is 4.04. The largest absolute Gasteiger partial charge is 0.497 e. The van der Waals surface area contributed by atoms with Crippen LogP contribution in [0.2, 0.25) is 5.02 Å². The molecule has 3 aromatic rings. The first-order valence-corrected chi connectivity index (χ1v) is 7.16. The summed E-state index contributed by atoms with van der Waals surface area (Å²) in [6, 6.07) is 13.8. The lowest BCUT2D eigenvalue weighted by Crippen LogP contribution is -2.21. The fourth-order valence-electron chi connectivity index (χ4n) is 2.16. The lowest BCUT2D eigenvalue weighted by molar-refractivity contribution is 0.0996. The van der Waals surface area contributed by atoms with E-state index >= 15 is 0 Å². The number of halogens is 1. The van der Waals surface area contributed by atoms with Crippen LogP contribution in [0.1, 0.15) is 10.4 Å². The number of benzene rings is 2. The van der Waals surface area contributed by atoms with Gasteiger partial charge in [0, 0.05) is 16.5 Å². The molecule has 1 amide bonds. The minimum atomic E-state index is -0.628. The maximum Gasteiger partial charge on any atom is 0.254 e. The van der Waals surface area contributed by atoms with Crippen molar-refractivity contribution in [2.24, 2.45) is 10.7 Å². The molecular formula is C17H13ClN2O3. The maximum absolute atomic E-state index is 11.7. The highest BCUT2D eigenvalue weighted by atomic mass is 35.5. The van der Waals surface area contributed by atoms with Crippen molar-refractivity contribution in [2.45, 2.75) is 0 Å². The summed E-state index contributed by atoms with van der Waals surface area (Å²) in [5.74, 6) is 0.0247. The molecule has 1 heterocycles. The van der Waals surface area contributed by atoms with Crippen molar-refractivity contribution in [3.8, 4) is 5.75 Å². The number of carbonyl (C=O) groups excluding carboxylic acids is 1. The predicted molar refractivity (Wildman–Crippen MR) is 88.0 cm³/mol. The smallest absolute Gasteiger partial charge is 0.254 e. The molecule has 5 nitrogen and oxygen atoms in total. The van der Waals surface area contributed by atoms with Gasteiger partial charge < -0.3 is 14.9 Å². The monoisotopic (exact) mass is 328 g/mol. The molecule has 1 aromatic heterocycles. The highest BCUT2D eigenvalue weighted by molar-refractivity contribution is 6.31. The molecule has 0 atom stereocenters. The van der Waals surface area contributed by atoms with Crippen LogP contribution in [0.4, 0.5) is 5.69 Å². The summed E-state index contributed by atoms with van der Waals surface area (Å²) in [7, 11) is 1.57. The molecular weight excluding hydrogens is 316 g/mol. The first-order chi connectivity index (χ1) is 11.1. The number of nitrogens with two attached hydrogens (primary N) is 1. The normalized spacial score (nSPS) is 11.7. The minimum Gasteiger partial charge on any atom is -0.497 e. The summed E-state index contributed by atoms with van der Waals surface area (Å²) in [5, 5.41) is 1.22. The van der Waals surface area contributed by atoms with E-state index in [2.05, 4.69) is 4.99 Å². The quantitative estimate of drug-likeness (QED) is 0.800. The average molecular weight is 329 g/mol. The lowest BCUT2D eigenvalue weighted by atomic mass is 10.2. The number of fused-ring (bicyclic) bond motifs is 1. The summed E-state index contributed by atoms with van der Waals surface area (Å²) in [5.41, 5.74) is 6.90. The minimum absolute atomic E-state index is 0.139. The Bertz CT molecular complexity index is 963. The van der Waals surface area contributed by atoms with Gasteiger partial charge in [-0.15, -0.1) is 0 Å². The predicted octanol–water partition coefficient (Wildman–Crippen LogP) is 3.43. The Morgan fingerprint density at radius 2 is 2.04 bits per heavy atom. The fourth-order valence-corrected chi connectivity index (χ4v) is 2.34. The van der Waals surface area contributed by atoms with E-state index in [1.165, 1.54) is 0 Å². The van der Waals surface area contributed by atoms with E-state index in [0.29, 0.717) is 27.4 Å². The van der Waals surface area contributed by atoms with E-state index in [0.717, 1.165) is 0 Å². The third-order valence-corrected chi connectivity index (χ3v) is 3.49. The molecule has 0 spiro atoms. The first kappa shape index (κ1) is 15.1. The molecule has 0 saturated heterocycles. The topological polar surface area (TPSA) is 77.8 Å². The fraction of sp³-hybridized carbons (Fsp3) is 0.0588. The Balaban J connectivity index is 2.25. The van der Waals surface area contributed by atoms with E-state index in [9.17, 15) is 4.79 Å². The van der Waals surface area contributed by atoms with Crippen LogP contribution in [0.15, 0.2) is 57.9 Å². The number of methoxy groups -OCH3 is 1. The van der Waals surface area contributed by atoms with E-state index in [4.69, 9.17) is 26.5 Å². The Morgan fingerprint density at radius 3 is 2.78 bits per heavy atom. The van der Waals surface area contributed by atoms with Crippen LogP contribution in [0.5, 0.6) is 5.75 Å². The molecule has 2 aromatic carbocycles. The third-order valence-electron chi connectivity index (χ3n) is 3.26. The molecule has 0 unspecified atom stereocenters.